The van der Waals surface area contributed by atoms with Gasteiger partial charge in [0.25, 0.3) is 0 Å². The van der Waals surface area contributed by atoms with Gasteiger partial charge >= 0.3 is 0 Å². The second-order valence-corrected chi connectivity index (χ2v) is 6.16. The standard InChI is InChI=1S/C14H24/c1-3-11-7-8-13-5-2-6-14(13)10-12(4-1)9-11/h11-14H,1-10H2. The second kappa shape index (κ2) is 3.87. The van der Waals surface area contributed by atoms with Crippen LogP contribution in [0, 0.1) is 23.7 Å². The van der Waals surface area contributed by atoms with Crippen molar-refractivity contribution in [3.63, 3.8) is 0 Å². The van der Waals surface area contributed by atoms with Crippen LogP contribution in [0.3, 0.4) is 0 Å². The quantitative estimate of drug-likeness (QED) is 0.534. The van der Waals surface area contributed by atoms with Gasteiger partial charge in [-0.15, -0.1) is 0 Å². The summed E-state index contributed by atoms with van der Waals surface area (Å²) >= 11 is 0. The highest BCUT2D eigenvalue weighted by Crippen LogP contribution is 2.46. The molecule has 2 bridgehead atoms. The van der Waals surface area contributed by atoms with Gasteiger partial charge in [-0.2, -0.15) is 0 Å². The molecule has 3 rings (SSSR count). The van der Waals surface area contributed by atoms with Crippen LogP contribution in [-0.2, 0) is 0 Å². The number of hydrogen-bond donors (Lipinski definition) is 0. The van der Waals surface area contributed by atoms with E-state index in [1.807, 2.05) is 0 Å². The lowest BCUT2D eigenvalue weighted by Crippen LogP contribution is -2.24. The fourth-order valence-corrected chi connectivity index (χ4v) is 4.56. The van der Waals surface area contributed by atoms with E-state index >= 15 is 0 Å². The van der Waals surface area contributed by atoms with Crippen molar-refractivity contribution in [2.45, 2.75) is 64.2 Å². The molecule has 4 atom stereocenters. The third-order valence-electron chi connectivity index (χ3n) is 5.29. The Bertz CT molecular complexity index is 196. The number of rotatable bonds is 0. The molecular formula is C14H24. The third-order valence-corrected chi connectivity index (χ3v) is 5.29. The Morgan fingerprint density at radius 3 is 2.29 bits per heavy atom. The van der Waals surface area contributed by atoms with Crippen LogP contribution in [-0.4, -0.2) is 0 Å². The van der Waals surface area contributed by atoms with E-state index in [0.29, 0.717) is 0 Å². The Morgan fingerprint density at radius 2 is 1.29 bits per heavy atom. The molecule has 3 aliphatic rings. The molecule has 0 saturated heterocycles. The molecule has 14 heavy (non-hydrogen) atoms. The number of hydrogen-bond acceptors (Lipinski definition) is 0. The van der Waals surface area contributed by atoms with Crippen LogP contribution < -0.4 is 0 Å². The molecule has 0 heterocycles. The van der Waals surface area contributed by atoms with Crippen LogP contribution in [0.1, 0.15) is 64.2 Å². The Kier molecular flexibility index (Phi) is 2.55. The maximum absolute atomic E-state index is 1.61. The Morgan fingerprint density at radius 1 is 0.500 bits per heavy atom. The van der Waals surface area contributed by atoms with Crippen molar-refractivity contribution in [1.29, 1.82) is 0 Å². The van der Waals surface area contributed by atoms with Gasteiger partial charge in [-0.3, -0.25) is 0 Å². The van der Waals surface area contributed by atoms with E-state index in [-0.39, 0.29) is 0 Å². The van der Waals surface area contributed by atoms with Gasteiger partial charge in [-0.1, -0.05) is 44.9 Å². The molecule has 0 spiro atoms. The van der Waals surface area contributed by atoms with Gasteiger partial charge < -0.3 is 0 Å². The molecule has 3 fully saturated rings. The van der Waals surface area contributed by atoms with E-state index in [9.17, 15) is 0 Å². The SMILES string of the molecule is C1CC2CCC3CCCC3CC(C1)C2. The highest BCUT2D eigenvalue weighted by Gasteiger charge is 2.34. The molecule has 0 aromatic rings. The summed E-state index contributed by atoms with van der Waals surface area (Å²) in [7, 11) is 0. The molecule has 3 aliphatic carbocycles. The summed E-state index contributed by atoms with van der Waals surface area (Å²) in [4.78, 5) is 0. The topological polar surface area (TPSA) is 0 Å². The summed E-state index contributed by atoms with van der Waals surface area (Å²) in [5.41, 5.74) is 0. The van der Waals surface area contributed by atoms with Crippen molar-refractivity contribution in [3.05, 3.63) is 0 Å². The predicted octanol–water partition coefficient (Wildman–Crippen LogP) is 4.39. The maximum atomic E-state index is 1.61. The first kappa shape index (κ1) is 9.24. The van der Waals surface area contributed by atoms with Crippen molar-refractivity contribution < 1.29 is 0 Å². The monoisotopic (exact) mass is 192 g/mol. The first-order chi connectivity index (χ1) is 6.92. The minimum atomic E-state index is 1.13. The average Bonchev–Trinajstić information content (AvgIpc) is 2.61. The Hall–Kier alpha value is 0. The smallest absolute Gasteiger partial charge is 0.0383 e. The van der Waals surface area contributed by atoms with Crippen molar-refractivity contribution in [2.75, 3.05) is 0 Å². The van der Waals surface area contributed by atoms with Gasteiger partial charge in [0.15, 0.2) is 0 Å². The van der Waals surface area contributed by atoms with E-state index < -0.39 is 0 Å². The van der Waals surface area contributed by atoms with Crippen molar-refractivity contribution in [2.24, 2.45) is 23.7 Å². The molecule has 0 radical (unpaired) electrons. The third kappa shape index (κ3) is 1.73. The molecule has 80 valence electrons. The van der Waals surface area contributed by atoms with Crippen molar-refractivity contribution in [3.8, 4) is 0 Å². The Balaban J connectivity index is 1.71. The molecule has 0 amide bonds. The van der Waals surface area contributed by atoms with E-state index in [2.05, 4.69) is 0 Å². The van der Waals surface area contributed by atoms with E-state index in [1.54, 1.807) is 64.2 Å². The van der Waals surface area contributed by atoms with Crippen LogP contribution in [0.25, 0.3) is 0 Å². The van der Waals surface area contributed by atoms with Gasteiger partial charge in [0.1, 0.15) is 0 Å². The van der Waals surface area contributed by atoms with Crippen molar-refractivity contribution >= 4 is 0 Å². The molecule has 3 saturated carbocycles. The molecule has 0 N–H and O–H groups in total. The molecule has 0 aromatic heterocycles. The summed E-state index contributed by atoms with van der Waals surface area (Å²) < 4.78 is 0. The highest BCUT2D eigenvalue weighted by molar-refractivity contribution is 4.85. The summed E-state index contributed by atoms with van der Waals surface area (Å²) in [6.07, 6.45) is 15.8. The van der Waals surface area contributed by atoms with Crippen LogP contribution in [0.15, 0.2) is 0 Å². The fourth-order valence-electron chi connectivity index (χ4n) is 4.56. The second-order valence-electron chi connectivity index (χ2n) is 6.16. The molecular weight excluding hydrogens is 168 g/mol. The van der Waals surface area contributed by atoms with Gasteiger partial charge in [0, 0.05) is 0 Å². The normalized spacial score (nSPS) is 48.0. The van der Waals surface area contributed by atoms with Crippen molar-refractivity contribution in [1.82, 2.24) is 0 Å². The Labute approximate surface area is 88.5 Å². The van der Waals surface area contributed by atoms with Crippen LogP contribution in [0.5, 0.6) is 0 Å². The van der Waals surface area contributed by atoms with Crippen LogP contribution in [0.4, 0.5) is 0 Å². The van der Waals surface area contributed by atoms with E-state index in [0.717, 1.165) is 23.7 Å². The lowest BCUT2D eigenvalue weighted by molar-refractivity contribution is 0.158. The van der Waals surface area contributed by atoms with Gasteiger partial charge in [-0.25, -0.2) is 0 Å². The maximum Gasteiger partial charge on any atom is -0.0383 e. The van der Waals surface area contributed by atoms with Crippen LogP contribution in [0.2, 0.25) is 0 Å². The zero-order chi connectivity index (χ0) is 9.38. The van der Waals surface area contributed by atoms with Gasteiger partial charge in [0.05, 0.1) is 0 Å². The van der Waals surface area contributed by atoms with Crippen LogP contribution >= 0.6 is 0 Å². The zero-order valence-electron chi connectivity index (χ0n) is 9.38. The molecule has 4 unspecified atom stereocenters. The average molecular weight is 192 g/mol. The number of fused-ring (bicyclic) bond motifs is 3. The molecule has 0 aliphatic heterocycles. The zero-order valence-corrected chi connectivity index (χ0v) is 9.38. The lowest BCUT2D eigenvalue weighted by atomic mass is 9.70. The summed E-state index contributed by atoms with van der Waals surface area (Å²) in [6, 6.07) is 0. The van der Waals surface area contributed by atoms with Gasteiger partial charge in [0.2, 0.25) is 0 Å². The highest BCUT2D eigenvalue weighted by atomic mass is 14.4. The summed E-state index contributed by atoms with van der Waals surface area (Å²) in [5, 5.41) is 0. The summed E-state index contributed by atoms with van der Waals surface area (Å²) in [5.74, 6) is 4.58. The minimum Gasteiger partial charge on any atom is -0.0528 e. The minimum absolute atomic E-state index is 1.13. The fraction of sp³-hybridized carbons (Fsp3) is 1.00. The van der Waals surface area contributed by atoms with Gasteiger partial charge in [-0.05, 0) is 42.9 Å². The van der Waals surface area contributed by atoms with E-state index in [1.165, 1.54) is 0 Å². The predicted molar refractivity (Wildman–Crippen MR) is 60.1 cm³/mol. The molecule has 0 heteroatoms. The first-order valence-electron chi connectivity index (χ1n) is 6.92. The molecule has 0 aromatic carbocycles. The lowest BCUT2D eigenvalue weighted by Gasteiger charge is -2.36. The largest absolute Gasteiger partial charge is 0.0528 e. The molecule has 0 nitrogen and oxygen atoms in total. The summed E-state index contributed by atoms with van der Waals surface area (Å²) in [6.45, 7) is 0. The van der Waals surface area contributed by atoms with E-state index in [4.69, 9.17) is 0 Å². The first-order valence-corrected chi connectivity index (χ1v) is 6.92.